The van der Waals surface area contributed by atoms with Crippen molar-refractivity contribution in [3.05, 3.63) is 71.8 Å². The first-order valence-corrected chi connectivity index (χ1v) is 6.56. The number of nitrogens with zero attached hydrogens (tertiary/aromatic N) is 1. The van der Waals surface area contributed by atoms with E-state index >= 15 is 0 Å². The topological polar surface area (TPSA) is 20.3 Å². The molecule has 0 aliphatic carbocycles. The number of rotatable bonds is 2. The Hall–Kier alpha value is -2.49. The van der Waals surface area contributed by atoms with Crippen molar-refractivity contribution < 1.29 is 13.6 Å². The maximum absolute atomic E-state index is 13.8. The van der Waals surface area contributed by atoms with Crippen LogP contribution in [0, 0.1) is 6.92 Å². The monoisotopic (exact) mass is 285 g/mol. The van der Waals surface area contributed by atoms with Crippen LogP contribution in [-0.4, -0.2) is 11.8 Å². The van der Waals surface area contributed by atoms with E-state index in [4.69, 9.17) is 0 Å². The molecule has 21 heavy (non-hydrogen) atoms. The number of hydrogen-bond acceptors (Lipinski definition) is 1. The maximum Gasteiger partial charge on any atom is 0.346 e. The lowest BCUT2D eigenvalue weighted by Crippen LogP contribution is -2.34. The fourth-order valence-corrected chi connectivity index (χ4v) is 2.33. The van der Waals surface area contributed by atoms with Gasteiger partial charge in [-0.3, -0.25) is 9.69 Å². The molecule has 2 aromatic carbocycles. The number of hydrogen-bond donors (Lipinski definition) is 0. The molecule has 0 atom stereocenters. The maximum atomic E-state index is 13.8. The second kappa shape index (κ2) is 4.81. The molecule has 1 amide bonds. The predicted octanol–water partition coefficient (Wildman–Crippen LogP) is 4.02. The molecule has 1 heterocycles. The third kappa shape index (κ3) is 2.33. The van der Waals surface area contributed by atoms with Gasteiger partial charge in [0.25, 0.3) is 0 Å². The Morgan fingerprint density at radius 1 is 0.952 bits per heavy atom. The lowest BCUT2D eigenvalue weighted by Gasteiger charge is -2.21. The summed E-state index contributed by atoms with van der Waals surface area (Å²) in [6.07, 6.45) is 0.727. The highest BCUT2D eigenvalue weighted by atomic mass is 19.3. The van der Waals surface area contributed by atoms with Crippen molar-refractivity contribution in [2.75, 3.05) is 4.90 Å². The number of amides is 1. The summed E-state index contributed by atoms with van der Waals surface area (Å²) >= 11 is 0. The van der Waals surface area contributed by atoms with Crippen LogP contribution in [0.25, 0.3) is 5.70 Å². The van der Waals surface area contributed by atoms with Gasteiger partial charge in [0.1, 0.15) is 0 Å². The van der Waals surface area contributed by atoms with Gasteiger partial charge in [-0.15, -0.1) is 0 Å². The molecule has 2 aromatic rings. The Balaban J connectivity index is 2.11. The smallest absolute Gasteiger partial charge is 0.275 e. The van der Waals surface area contributed by atoms with Crippen molar-refractivity contribution in [1.29, 1.82) is 0 Å². The van der Waals surface area contributed by atoms with Crippen molar-refractivity contribution >= 4 is 17.3 Å². The second-order valence-electron chi connectivity index (χ2n) is 4.99. The minimum atomic E-state index is -3.48. The Labute approximate surface area is 121 Å². The van der Waals surface area contributed by atoms with Crippen LogP contribution in [0.4, 0.5) is 14.5 Å². The minimum Gasteiger partial charge on any atom is -0.275 e. The first-order valence-electron chi connectivity index (χ1n) is 6.56. The van der Waals surface area contributed by atoms with Gasteiger partial charge in [-0.05, 0) is 24.6 Å². The quantitative estimate of drug-likeness (QED) is 0.816. The lowest BCUT2D eigenvalue weighted by atomic mass is 10.1. The van der Waals surface area contributed by atoms with Gasteiger partial charge in [0.2, 0.25) is 0 Å². The fraction of sp³-hybridized carbons (Fsp3) is 0.118. The molecule has 0 bridgehead atoms. The first-order chi connectivity index (χ1) is 9.99. The van der Waals surface area contributed by atoms with Crippen LogP contribution in [0.2, 0.25) is 0 Å². The lowest BCUT2D eigenvalue weighted by molar-refractivity contribution is -0.134. The van der Waals surface area contributed by atoms with Crippen molar-refractivity contribution in [2.24, 2.45) is 0 Å². The summed E-state index contributed by atoms with van der Waals surface area (Å²) in [5, 5.41) is 0. The highest BCUT2D eigenvalue weighted by Crippen LogP contribution is 2.39. The van der Waals surface area contributed by atoms with E-state index in [-0.39, 0.29) is 5.70 Å². The number of carbonyl (C=O) groups excluding carboxylic acids is 1. The van der Waals surface area contributed by atoms with Crippen LogP contribution in [0.1, 0.15) is 11.1 Å². The summed E-state index contributed by atoms with van der Waals surface area (Å²) in [6.45, 7) is 1.90. The third-order valence-corrected chi connectivity index (χ3v) is 3.41. The molecule has 0 saturated carbocycles. The van der Waals surface area contributed by atoms with Crippen LogP contribution < -0.4 is 4.90 Å². The number of aryl methyl sites for hydroxylation is 1. The largest absolute Gasteiger partial charge is 0.346 e. The molecule has 1 aliphatic rings. The summed E-state index contributed by atoms with van der Waals surface area (Å²) in [5.41, 5.74) is 2.25. The molecule has 2 nitrogen and oxygen atoms in total. The Morgan fingerprint density at radius 3 is 2.19 bits per heavy atom. The summed E-state index contributed by atoms with van der Waals surface area (Å²) < 4.78 is 27.6. The van der Waals surface area contributed by atoms with Crippen LogP contribution in [0.5, 0.6) is 0 Å². The number of benzene rings is 2. The van der Waals surface area contributed by atoms with Gasteiger partial charge < -0.3 is 0 Å². The van der Waals surface area contributed by atoms with Crippen LogP contribution in [0.15, 0.2) is 60.7 Å². The zero-order valence-electron chi connectivity index (χ0n) is 11.4. The normalized spacial score (nSPS) is 17.0. The standard InChI is InChI=1S/C17H13F2NO/c1-12-7-9-14(10-8-12)20-15(11-17(18,19)16(20)21)13-5-3-2-4-6-13/h2-11H,1H3. The predicted molar refractivity (Wildman–Crippen MR) is 78.0 cm³/mol. The molecule has 0 unspecified atom stereocenters. The van der Waals surface area contributed by atoms with Gasteiger partial charge in [-0.25, -0.2) is 0 Å². The van der Waals surface area contributed by atoms with Gasteiger partial charge >= 0.3 is 11.8 Å². The minimum absolute atomic E-state index is 0.217. The van der Waals surface area contributed by atoms with Crippen molar-refractivity contribution in [3.8, 4) is 0 Å². The number of alkyl halides is 2. The molecule has 0 radical (unpaired) electrons. The van der Waals surface area contributed by atoms with E-state index in [1.165, 1.54) is 0 Å². The van der Waals surface area contributed by atoms with E-state index in [1.54, 1.807) is 54.6 Å². The number of carbonyl (C=O) groups is 1. The van der Waals surface area contributed by atoms with Crippen LogP contribution in [0.3, 0.4) is 0 Å². The molecular weight excluding hydrogens is 272 g/mol. The molecule has 1 aliphatic heterocycles. The van der Waals surface area contributed by atoms with E-state index in [1.807, 2.05) is 6.92 Å². The Kier molecular flexibility index (Phi) is 3.09. The van der Waals surface area contributed by atoms with Crippen molar-refractivity contribution in [1.82, 2.24) is 0 Å². The molecule has 0 N–H and O–H groups in total. The average Bonchev–Trinajstić information content (AvgIpc) is 2.72. The van der Waals surface area contributed by atoms with Crippen LogP contribution in [-0.2, 0) is 4.79 Å². The van der Waals surface area contributed by atoms with E-state index in [9.17, 15) is 13.6 Å². The van der Waals surface area contributed by atoms with Gasteiger partial charge in [0, 0.05) is 11.8 Å². The zero-order valence-corrected chi connectivity index (χ0v) is 11.4. The molecule has 0 fully saturated rings. The molecule has 106 valence electrons. The molecule has 0 spiro atoms. The average molecular weight is 285 g/mol. The second-order valence-corrected chi connectivity index (χ2v) is 4.99. The Bertz CT molecular complexity index is 705. The third-order valence-electron chi connectivity index (χ3n) is 3.41. The molecule has 0 saturated heterocycles. The molecule has 4 heteroatoms. The van der Waals surface area contributed by atoms with E-state index in [0.717, 1.165) is 16.5 Å². The molecular formula is C17H13F2NO. The Morgan fingerprint density at radius 2 is 1.57 bits per heavy atom. The first kappa shape index (κ1) is 13.5. The van der Waals surface area contributed by atoms with E-state index in [0.29, 0.717) is 11.3 Å². The SMILES string of the molecule is Cc1ccc(N2C(=O)C(F)(F)C=C2c2ccccc2)cc1. The van der Waals surface area contributed by atoms with Gasteiger partial charge in [0.05, 0.1) is 5.70 Å². The number of halogens is 2. The van der Waals surface area contributed by atoms with Gasteiger partial charge in [-0.1, -0.05) is 48.0 Å². The highest BCUT2D eigenvalue weighted by Gasteiger charge is 2.48. The van der Waals surface area contributed by atoms with Crippen LogP contribution >= 0.6 is 0 Å². The summed E-state index contributed by atoms with van der Waals surface area (Å²) in [7, 11) is 0. The fourth-order valence-electron chi connectivity index (χ4n) is 2.33. The van der Waals surface area contributed by atoms with E-state index in [2.05, 4.69) is 0 Å². The van der Waals surface area contributed by atoms with Crippen molar-refractivity contribution in [3.63, 3.8) is 0 Å². The highest BCUT2D eigenvalue weighted by molar-refractivity contribution is 6.15. The number of anilines is 1. The van der Waals surface area contributed by atoms with Gasteiger partial charge in [0.15, 0.2) is 0 Å². The van der Waals surface area contributed by atoms with Crippen molar-refractivity contribution in [2.45, 2.75) is 12.8 Å². The van der Waals surface area contributed by atoms with E-state index < -0.39 is 11.8 Å². The molecule has 0 aromatic heterocycles. The summed E-state index contributed by atoms with van der Waals surface area (Å²) in [6, 6.07) is 15.7. The summed E-state index contributed by atoms with van der Waals surface area (Å²) in [4.78, 5) is 13.1. The summed E-state index contributed by atoms with van der Waals surface area (Å²) in [5.74, 6) is -4.69. The molecule has 3 rings (SSSR count). The zero-order chi connectivity index (χ0) is 15.0. The van der Waals surface area contributed by atoms with Gasteiger partial charge in [-0.2, -0.15) is 8.78 Å².